The number of benzene rings is 1. The summed E-state index contributed by atoms with van der Waals surface area (Å²) < 4.78 is 1.51. The number of piperazine rings is 1. The van der Waals surface area contributed by atoms with Crippen molar-refractivity contribution in [2.45, 2.75) is 0 Å². The Hall–Kier alpha value is -1.11. The third-order valence-corrected chi connectivity index (χ3v) is 3.65. The maximum absolute atomic E-state index is 12.1. The van der Waals surface area contributed by atoms with Crippen molar-refractivity contribution >= 4 is 39.6 Å². The summed E-state index contributed by atoms with van der Waals surface area (Å²) in [5.74, 6) is -0.516. The van der Waals surface area contributed by atoms with Gasteiger partial charge in [0.25, 0.3) is 5.91 Å². The number of urea groups is 1. The molecule has 1 heterocycles. The molecule has 1 aromatic rings. The van der Waals surface area contributed by atoms with Gasteiger partial charge in [-0.15, -0.1) is 0 Å². The van der Waals surface area contributed by atoms with Crippen LogP contribution in [0.1, 0.15) is 10.4 Å². The molecule has 0 bridgehead atoms. The Labute approximate surface area is 124 Å². The second-order valence-electron chi connectivity index (χ2n) is 4.11. The molecule has 1 aliphatic rings. The highest BCUT2D eigenvalue weighted by atomic mass is 79.9. The Morgan fingerprint density at radius 2 is 1.79 bits per heavy atom. The number of nitrogens with one attached hydrogen (secondary N) is 1. The molecule has 5 nitrogen and oxygen atoms in total. The number of carbonyl (C=O) groups excluding carboxylic acids is 2. The van der Waals surface area contributed by atoms with Crippen LogP contribution in [0.15, 0.2) is 28.7 Å². The van der Waals surface area contributed by atoms with Gasteiger partial charge in [0.1, 0.15) is 0 Å². The first kappa shape index (κ1) is 14.3. The van der Waals surface area contributed by atoms with E-state index in [1.807, 2.05) is 0 Å². The Morgan fingerprint density at radius 3 is 2.37 bits per heavy atom. The van der Waals surface area contributed by atoms with Crippen molar-refractivity contribution in [3.63, 3.8) is 0 Å². The van der Waals surface area contributed by atoms with Gasteiger partial charge in [-0.1, -0.05) is 15.9 Å². The van der Waals surface area contributed by atoms with E-state index < -0.39 is 11.9 Å². The lowest BCUT2D eigenvalue weighted by Crippen LogP contribution is -2.50. The number of rotatable bonds is 1. The van der Waals surface area contributed by atoms with Gasteiger partial charge in [-0.25, -0.2) is 4.79 Å². The van der Waals surface area contributed by atoms with Gasteiger partial charge in [0.2, 0.25) is 0 Å². The van der Waals surface area contributed by atoms with E-state index in [1.165, 1.54) is 0 Å². The summed E-state index contributed by atoms with van der Waals surface area (Å²) in [5.41, 5.74) is 0.377. The van der Waals surface area contributed by atoms with Gasteiger partial charge in [0, 0.05) is 48.0 Å². The molecule has 19 heavy (non-hydrogen) atoms. The number of carbonyl (C=O) groups is 2. The summed E-state index contributed by atoms with van der Waals surface area (Å²) in [6, 6.07) is 6.22. The predicted octanol–water partition coefficient (Wildman–Crippen LogP) is 2.07. The van der Waals surface area contributed by atoms with Crippen molar-refractivity contribution in [1.82, 2.24) is 14.6 Å². The van der Waals surface area contributed by atoms with E-state index >= 15 is 0 Å². The minimum Gasteiger partial charge on any atom is -0.321 e. The number of halogens is 2. The monoisotopic (exact) mass is 345 g/mol. The number of hydrogen-bond donors (Lipinski definition) is 1. The van der Waals surface area contributed by atoms with E-state index in [1.54, 1.807) is 29.2 Å². The van der Waals surface area contributed by atoms with E-state index in [4.69, 9.17) is 11.8 Å². The molecular weight excluding hydrogens is 334 g/mol. The molecule has 1 aliphatic heterocycles. The zero-order valence-electron chi connectivity index (χ0n) is 10.1. The van der Waals surface area contributed by atoms with Crippen LogP contribution < -0.4 is 5.32 Å². The first-order valence-electron chi connectivity index (χ1n) is 5.85. The van der Waals surface area contributed by atoms with Crippen molar-refractivity contribution in [3.8, 4) is 0 Å². The van der Waals surface area contributed by atoms with Crippen LogP contribution in [0.4, 0.5) is 4.79 Å². The first-order chi connectivity index (χ1) is 9.09. The summed E-state index contributed by atoms with van der Waals surface area (Å²) in [6.45, 7) is 2.53. The third kappa shape index (κ3) is 3.46. The number of hydrogen-bond acceptors (Lipinski definition) is 3. The molecular formula is C12H13BrClN3O2. The second kappa shape index (κ2) is 6.36. The summed E-state index contributed by atoms with van der Waals surface area (Å²) in [5, 5.41) is 3.13. The standard InChI is InChI=1S/C12H13BrClN3O2/c13-10-3-1-9(2-4-10)11(18)17(14)12(19)16-7-5-15-6-8-16/h1-4,15H,5-8H2. The van der Waals surface area contributed by atoms with E-state index in [0.717, 1.165) is 4.47 Å². The Kier molecular flexibility index (Phi) is 4.79. The average Bonchev–Trinajstić information content (AvgIpc) is 2.46. The lowest BCUT2D eigenvalue weighted by atomic mass is 10.2. The summed E-state index contributed by atoms with van der Waals surface area (Å²) in [6.07, 6.45) is 0. The Bertz CT molecular complexity index is 474. The highest BCUT2D eigenvalue weighted by molar-refractivity contribution is 9.10. The molecule has 1 saturated heterocycles. The van der Waals surface area contributed by atoms with Gasteiger partial charge in [0.15, 0.2) is 0 Å². The van der Waals surface area contributed by atoms with Crippen LogP contribution in [-0.4, -0.2) is 47.4 Å². The number of nitrogens with zero attached hydrogens (tertiary/aromatic N) is 2. The summed E-state index contributed by atoms with van der Waals surface area (Å²) in [7, 11) is 0. The molecule has 1 aromatic carbocycles. The molecule has 0 radical (unpaired) electrons. The second-order valence-corrected chi connectivity index (χ2v) is 5.37. The maximum Gasteiger partial charge on any atom is 0.342 e. The van der Waals surface area contributed by atoms with E-state index in [9.17, 15) is 9.59 Å². The lowest BCUT2D eigenvalue weighted by molar-refractivity contribution is 0.0857. The van der Waals surface area contributed by atoms with Crippen molar-refractivity contribution in [1.29, 1.82) is 0 Å². The molecule has 0 unspecified atom stereocenters. The predicted molar refractivity (Wildman–Crippen MR) is 76.0 cm³/mol. The van der Waals surface area contributed by atoms with Crippen molar-refractivity contribution in [3.05, 3.63) is 34.3 Å². The van der Waals surface area contributed by atoms with Gasteiger partial charge < -0.3 is 10.2 Å². The Morgan fingerprint density at radius 1 is 1.21 bits per heavy atom. The van der Waals surface area contributed by atoms with Crippen LogP contribution in [0.5, 0.6) is 0 Å². The highest BCUT2D eigenvalue weighted by Gasteiger charge is 2.27. The molecule has 2 rings (SSSR count). The van der Waals surface area contributed by atoms with Crippen LogP contribution in [0, 0.1) is 0 Å². The molecule has 0 atom stereocenters. The topological polar surface area (TPSA) is 52.7 Å². The summed E-state index contributed by atoms with van der Waals surface area (Å²) in [4.78, 5) is 25.7. The molecule has 0 saturated carbocycles. The van der Waals surface area contributed by atoms with E-state index in [-0.39, 0.29) is 0 Å². The molecule has 7 heteroatoms. The smallest absolute Gasteiger partial charge is 0.321 e. The largest absolute Gasteiger partial charge is 0.342 e. The van der Waals surface area contributed by atoms with Gasteiger partial charge in [0.05, 0.1) is 0 Å². The fourth-order valence-corrected chi connectivity index (χ4v) is 2.24. The minimum atomic E-state index is -0.516. The summed E-state index contributed by atoms with van der Waals surface area (Å²) >= 11 is 9.13. The van der Waals surface area contributed by atoms with Gasteiger partial charge in [-0.3, -0.25) is 4.79 Å². The quantitative estimate of drug-likeness (QED) is 0.792. The van der Waals surface area contributed by atoms with Crippen LogP contribution in [0.2, 0.25) is 0 Å². The van der Waals surface area contributed by atoms with Gasteiger partial charge in [-0.05, 0) is 24.3 Å². The van der Waals surface area contributed by atoms with E-state index in [2.05, 4.69) is 21.2 Å². The minimum absolute atomic E-state index is 0.377. The number of amides is 3. The molecule has 0 spiro atoms. The molecule has 102 valence electrons. The molecule has 0 aliphatic carbocycles. The molecule has 3 amide bonds. The molecule has 0 aromatic heterocycles. The van der Waals surface area contributed by atoms with Crippen LogP contribution in [0.3, 0.4) is 0 Å². The van der Waals surface area contributed by atoms with Gasteiger partial charge >= 0.3 is 6.03 Å². The lowest BCUT2D eigenvalue weighted by Gasteiger charge is -2.29. The van der Waals surface area contributed by atoms with Crippen molar-refractivity contribution in [2.24, 2.45) is 0 Å². The fraction of sp³-hybridized carbons (Fsp3) is 0.333. The molecule has 1 fully saturated rings. The van der Waals surface area contributed by atoms with E-state index in [0.29, 0.717) is 36.2 Å². The Balaban J connectivity index is 2.05. The highest BCUT2D eigenvalue weighted by Crippen LogP contribution is 2.15. The number of imide groups is 1. The SMILES string of the molecule is O=C(c1ccc(Br)cc1)N(Cl)C(=O)N1CCNCC1. The molecule has 1 N–H and O–H groups in total. The third-order valence-electron chi connectivity index (χ3n) is 2.82. The average molecular weight is 347 g/mol. The maximum atomic E-state index is 12.1. The van der Waals surface area contributed by atoms with Crippen molar-refractivity contribution < 1.29 is 9.59 Å². The van der Waals surface area contributed by atoms with Crippen LogP contribution in [0.25, 0.3) is 0 Å². The first-order valence-corrected chi connectivity index (χ1v) is 6.98. The van der Waals surface area contributed by atoms with Crippen molar-refractivity contribution in [2.75, 3.05) is 26.2 Å². The zero-order chi connectivity index (χ0) is 13.8. The zero-order valence-corrected chi connectivity index (χ0v) is 12.4. The van der Waals surface area contributed by atoms with Crippen LogP contribution >= 0.6 is 27.7 Å². The van der Waals surface area contributed by atoms with Crippen LogP contribution in [-0.2, 0) is 0 Å². The van der Waals surface area contributed by atoms with Gasteiger partial charge in [-0.2, -0.15) is 4.42 Å². The fourth-order valence-electron chi connectivity index (χ4n) is 1.77. The normalized spacial score (nSPS) is 15.2.